The van der Waals surface area contributed by atoms with Gasteiger partial charge in [-0.3, -0.25) is 11.3 Å². The summed E-state index contributed by atoms with van der Waals surface area (Å²) in [6, 6.07) is 6.14. The van der Waals surface area contributed by atoms with E-state index in [1.165, 1.54) is 0 Å². The van der Waals surface area contributed by atoms with E-state index in [0.717, 1.165) is 17.1 Å². The molecule has 0 bridgehead atoms. The van der Waals surface area contributed by atoms with Crippen LogP contribution in [0.2, 0.25) is 0 Å². The van der Waals surface area contributed by atoms with Crippen LogP contribution in [0.3, 0.4) is 0 Å². The molecule has 3 N–H and O–H groups in total. The third kappa shape index (κ3) is 4.12. The monoisotopic (exact) mass is 280 g/mol. The predicted octanol–water partition coefficient (Wildman–Crippen LogP) is 3.28. The maximum atomic E-state index is 5.74. The number of nitrogens with one attached hydrogen (secondary N) is 1. The van der Waals surface area contributed by atoms with Gasteiger partial charge < -0.3 is 9.47 Å². The summed E-state index contributed by atoms with van der Waals surface area (Å²) in [5, 5.41) is 0. The third-order valence-electron chi connectivity index (χ3n) is 3.68. The molecule has 0 aliphatic carbocycles. The molecule has 2 unspecified atom stereocenters. The summed E-state index contributed by atoms with van der Waals surface area (Å²) in [5.74, 6) is 8.27. The quantitative estimate of drug-likeness (QED) is 0.567. The predicted molar refractivity (Wildman–Crippen MR) is 82.8 cm³/mol. The molecule has 0 spiro atoms. The van der Waals surface area contributed by atoms with Crippen molar-refractivity contribution >= 4 is 0 Å². The zero-order valence-corrected chi connectivity index (χ0v) is 13.3. The number of rotatable bonds is 8. The Hall–Kier alpha value is -1.26. The van der Waals surface area contributed by atoms with Crippen molar-refractivity contribution in [3.63, 3.8) is 0 Å². The van der Waals surface area contributed by atoms with Crippen LogP contribution in [0.1, 0.15) is 46.2 Å². The molecule has 4 heteroatoms. The molecule has 0 heterocycles. The first-order valence-electron chi connectivity index (χ1n) is 7.40. The Bertz CT molecular complexity index is 407. The van der Waals surface area contributed by atoms with Crippen LogP contribution in [0.5, 0.6) is 11.5 Å². The Balaban J connectivity index is 3.07. The molecule has 20 heavy (non-hydrogen) atoms. The molecule has 0 fully saturated rings. The lowest BCUT2D eigenvalue weighted by Gasteiger charge is -2.27. The summed E-state index contributed by atoms with van der Waals surface area (Å²) in [5.41, 5.74) is 4.05. The number of ether oxygens (including phenoxy) is 2. The molecule has 0 saturated carbocycles. The van der Waals surface area contributed by atoms with E-state index in [4.69, 9.17) is 15.3 Å². The molecule has 1 aromatic rings. The van der Waals surface area contributed by atoms with Crippen molar-refractivity contribution in [3.8, 4) is 11.5 Å². The highest BCUT2D eigenvalue weighted by Gasteiger charge is 2.22. The van der Waals surface area contributed by atoms with Gasteiger partial charge in [0.05, 0.1) is 13.2 Å². The van der Waals surface area contributed by atoms with Crippen LogP contribution < -0.4 is 20.7 Å². The highest BCUT2D eigenvalue weighted by atomic mass is 16.5. The second kappa shape index (κ2) is 8.12. The molecule has 1 aromatic carbocycles. The molecule has 0 aliphatic heterocycles. The van der Waals surface area contributed by atoms with E-state index in [0.29, 0.717) is 25.0 Å². The van der Waals surface area contributed by atoms with Crippen LogP contribution in [-0.4, -0.2) is 13.2 Å². The van der Waals surface area contributed by atoms with E-state index < -0.39 is 0 Å². The lowest BCUT2D eigenvalue weighted by molar-refractivity contribution is 0.283. The largest absolute Gasteiger partial charge is 0.490 e. The molecule has 0 radical (unpaired) electrons. The van der Waals surface area contributed by atoms with Gasteiger partial charge in [-0.1, -0.05) is 26.8 Å². The Morgan fingerprint density at radius 1 is 1.05 bits per heavy atom. The average Bonchev–Trinajstić information content (AvgIpc) is 2.42. The maximum Gasteiger partial charge on any atom is 0.161 e. The van der Waals surface area contributed by atoms with Gasteiger partial charge in [-0.05, 0) is 43.4 Å². The topological polar surface area (TPSA) is 56.5 Å². The van der Waals surface area contributed by atoms with Gasteiger partial charge in [0.2, 0.25) is 0 Å². The molecule has 4 nitrogen and oxygen atoms in total. The standard InChI is InChI=1S/C16H28N2O2/c1-6-19-14-9-8-13(10-15(14)20-7-2)16(18-17)12(5)11(3)4/h8-12,16,18H,6-7,17H2,1-5H3. The summed E-state index contributed by atoms with van der Waals surface area (Å²) < 4.78 is 11.3. The van der Waals surface area contributed by atoms with Crippen molar-refractivity contribution in [2.45, 2.75) is 40.7 Å². The molecule has 0 amide bonds. The Kier molecular flexibility index (Phi) is 6.82. The van der Waals surface area contributed by atoms with Gasteiger partial charge in [0, 0.05) is 6.04 Å². The van der Waals surface area contributed by atoms with Crippen LogP contribution in [0, 0.1) is 11.8 Å². The first-order valence-corrected chi connectivity index (χ1v) is 7.40. The van der Waals surface area contributed by atoms with E-state index in [-0.39, 0.29) is 6.04 Å². The summed E-state index contributed by atoms with van der Waals surface area (Å²) in [7, 11) is 0. The Labute approximate surface area is 122 Å². The van der Waals surface area contributed by atoms with Crippen molar-refractivity contribution in [1.82, 2.24) is 5.43 Å². The van der Waals surface area contributed by atoms with Crippen LogP contribution in [0.15, 0.2) is 18.2 Å². The number of hydrogen-bond acceptors (Lipinski definition) is 4. The first kappa shape index (κ1) is 16.8. The van der Waals surface area contributed by atoms with E-state index in [9.17, 15) is 0 Å². The average molecular weight is 280 g/mol. The molecule has 1 rings (SSSR count). The fraction of sp³-hybridized carbons (Fsp3) is 0.625. The second-order valence-electron chi connectivity index (χ2n) is 5.32. The molecule has 2 atom stereocenters. The van der Waals surface area contributed by atoms with Crippen LogP contribution >= 0.6 is 0 Å². The first-order chi connectivity index (χ1) is 9.54. The molecule has 0 saturated heterocycles. The number of benzene rings is 1. The van der Waals surface area contributed by atoms with Crippen LogP contribution in [0.25, 0.3) is 0 Å². The van der Waals surface area contributed by atoms with E-state index in [1.54, 1.807) is 0 Å². The van der Waals surface area contributed by atoms with Gasteiger partial charge in [-0.2, -0.15) is 0 Å². The Morgan fingerprint density at radius 2 is 1.65 bits per heavy atom. The lowest BCUT2D eigenvalue weighted by atomic mass is 9.86. The minimum absolute atomic E-state index is 0.102. The van der Waals surface area contributed by atoms with E-state index >= 15 is 0 Å². The minimum Gasteiger partial charge on any atom is -0.490 e. The summed E-state index contributed by atoms with van der Waals surface area (Å²) in [6.45, 7) is 11.8. The van der Waals surface area contributed by atoms with Crippen molar-refractivity contribution in [2.24, 2.45) is 17.7 Å². The second-order valence-corrected chi connectivity index (χ2v) is 5.32. The van der Waals surface area contributed by atoms with Gasteiger partial charge in [0.15, 0.2) is 11.5 Å². The number of nitrogens with two attached hydrogens (primary N) is 1. The Morgan fingerprint density at radius 3 is 2.15 bits per heavy atom. The maximum absolute atomic E-state index is 5.74. The number of hydrazine groups is 1. The van der Waals surface area contributed by atoms with Crippen molar-refractivity contribution in [2.75, 3.05) is 13.2 Å². The molecular formula is C16H28N2O2. The van der Waals surface area contributed by atoms with Gasteiger partial charge in [-0.15, -0.1) is 0 Å². The van der Waals surface area contributed by atoms with Crippen molar-refractivity contribution < 1.29 is 9.47 Å². The molecule has 0 aromatic heterocycles. The number of hydrogen-bond donors (Lipinski definition) is 2. The van der Waals surface area contributed by atoms with Crippen molar-refractivity contribution in [1.29, 1.82) is 0 Å². The van der Waals surface area contributed by atoms with Gasteiger partial charge in [-0.25, -0.2) is 0 Å². The SMILES string of the molecule is CCOc1ccc(C(NN)C(C)C(C)C)cc1OCC. The fourth-order valence-electron chi connectivity index (χ4n) is 2.20. The lowest BCUT2D eigenvalue weighted by Crippen LogP contribution is -2.34. The normalized spacial score (nSPS) is 14.2. The zero-order valence-electron chi connectivity index (χ0n) is 13.3. The third-order valence-corrected chi connectivity index (χ3v) is 3.68. The molecule has 114 valence electrons. The van der Waals surface area contributed by atoms with Crippen LogP contribution in [-0.2, 0) is 0 Å². The van der Waals surface area contributed by atoms with E-state index in [2.05, 4.69) is 32.3 Å². The van der Waals surface area contributed by atoms with E-state index in [1.807, 2.05) is 26.0 Å². The summed E-state index contributed by atoms with van der Waals surface area (Å²) in [6.07, 6.45) is 0. The summed E-state index contributed by atoms with van der Waals surface area (Å²) >= 11 is 0. The van der Waals surface area contributed by atoms with Gasteiger partial charge in [0.1, 0.15) is 0 Å². The van der Waals surface area contributed by atoms with Crippen LogP contribution in [0.4, 0.5) is 0 Å². The zero-order chi connectivity index (χ0) is 15.1. The minimum atomic E-state index is 0.102. The highest BCUT2D eigenvalue weighted by molar-refractivity contribution is 5.44. The molecule has 0 aliphatic rings. The fourth-order valence-corrected chi connectivity index (χ4v) is 2.20. The summed E-state index contributed by atoms with van der Waals surface area (Å²) in [4.78, 5) is 0. The molecular weight excluding hydrogens is 252 g/mol. The highest BCUT2D eigenvalue weighted by Crippen LogP contribution is 2.34. The van der Waals surface area contributed by atoms with Gasteiger partial charge in [0.25, 0.3) is 0 Å². The smallest absolute Gasteiger partial charge is 0.161 e. The van der Waals surface area contributed by atoms with Gasteiger partial charge >= 0.3 is 0 Å². The van der Waals surface area contributed by atoms with Crippen molar-refractivity contribution in [3.05, 3.63) is 23.8 Å².